The summed E-state index contributed by atoms with van der Waals surface area (Å²) in [5.74, 6) is -0.843. The lowest BCUT2D eigenvalue weighted by Gasteiger charge is -2.13. The third-order valence-electron chi connectivity index (χ3n) is 2.41. The predicted molar refractivity (Wildman–Crippen MR) is 76.3 cm³/mol. The first-order valence-corrected chi connectivity index (χ1v) is 6.92. The second kappa shape index (κ2) is 5.44. The first-order chi connectivity index (χ1) is 8.09. The molecule has 4 heteroatoms. The molecule has 0 aliphatic carbocycles. The van der Waals surface area contributed by atoms with Crippen molar-refractivity contribution in [3.63, 3.8) is 0 Å². The average Bonchev–Trinajstić information content (AvgIpc) is 2.32. The van der Waals surface area contributed by atoms with E-state index in [0.717, 1.165) is 21.3 Å². The van der Waals surface area contributed by atoms with Crippen LogP contribution in [-0.2, 0) is 0 Å². The van der Waals surface area contributed by atoms with Crippen LogP contribution in [0.3, 0.4) is 0 Å². The Hall–Kier alpha value is -0.490. The average molecular weight is 409 g/mol. The first-order valence-electron chi connectivity index (χ1n) is 4.93. The monoisotopic (exact) mass is 408 g/mol. The van der Waals surface area contributed by atoms with Crippen LogP contribution in [0.1, 0.15) is 16.0 Å². The van der Waals surface area contributed by atoms with Crippen molar-refractivity contribution in [2.45, 2.75) is 4.83 Å². The lowest BCUT2D eigenvalue weighted by atomic mass is 10.0. The molecular formula is C13H8BrF2I. The maximum absolute atomic E-state index is 13.6. The smallest absolute Gasteiger partial charge is 0.128 e. The van der Waals surface area contributed by atoms with Gasteiger partial charge in [0, 0.05) is 9.13 Å². The second-order valence-electron chi connectivity index (χ2n) is 3.55. The van der Waals surface area contributed by atoms with E-state index < -0.39 is 11.6 Å². The summed E-state index contributed by atoms with van der Waals surface area (Å²) in [5, 5.41) is 0. The largest absolute Gasteiger partial charge is 0.207 e. The fourth-order valence-electron chi connectivity index (χ4n) is 1.56. The van der Waals surface area contributed by atoms with Crippen molar-refractivity contribution in [3.05, 3.63) is 68.8 Å². The van der Waals surface area contributed by atoms with Gasteiger partial charge in [0.05, 0.1) is 4.83 Å². The number of rotatable bonds is 2. The van der Waals surface area contributed by atoms with Gasteiger partial charge in [-0.2, -0.15) is 0 Å². The molecule has 0 aromatic heterocycles. The van der Waals surface area contributed by atoms with Crippen LogP contribution >= 0.6 is 38.5 Å². The van der Waals surface area contributed by atoms with Gasteiger partial charge in [0.15, 0.2) is 0 Å². The SMILES string of the molecule is Fc1ccc(F)c(C(Br)c2ccccc2I)c1. The molecule has 0 aliphatic rings. The molecule has 0 nitrogen and oxygen atoms in total. The molecule has 2 aromatic rings. The molecule has 0 aliphatic heterocycles. The molecule has 1 atom stereocenters. The third kappa shape index (κ3) is 2.85. The molecular weight excluding hydrogens is 401 g/mol. The summed E-state index contributed by atoms with van der Waals surface area (Å²) < 4.78 is 27.8. The van der Waals surface area contributed by atoms with Crippen molar-refractivity contribution in [2.24, 2.45) is 0 Å². The van der Waals surface area contributed by atoms with Crippen molar-refractivity contribution in [3.8, 4) is 0 Å². The highest BCUT2D eigenvalue weighted by atomic mass is 127. The number of hydrogen-bond donors (Lipinski definition) is 0. The van der Waals surface area contributed by atoms with Crippen LogP contribution in [0, 0.1) is 15.2 Å². The summed E-state index contributed by atoms with van der Waals surface area (Å²) in [4.78, 5) is -0.341. The van der Waals surface area contributed by atoms with Gasteiger partial charge >= 0.3 is 0 Å². The van der Waals surface area contributed by atoms with Gasteiger partial charge in [-0.25, -0.2) is 8.78 Å². The molecule has 0 saturated heterocycles. The van der Waals surface area contributed by atoms with E-state index in [-0.39, 0.29) is 4.83 Å². The molecule has 1 unspecified atom stereocenters. The van der Waals surface area contributed by atoms with E-state index in [0.29, 0.717) is 5.56 Å². The molecule has 0 fully saturated rings. The maximum atomic E-state index is 13.6. The Balaban J connectivity index is 2.47. The number of benzene rings is 2. The number of alkyl halides is 1. The highest BCUT2D eigenvalue weighted by Crippen LogP contribution is 2.35. The van der Waals surface area contributed by atoms with E-state index in [4.69, 9.17) is 0 Å². The molecule has 0 N–H and O–H groups in total. The standard InChI is InChI=1S/C13H8BrF2I/c14-13(9-3-1-2-4-12(9)17)10-7-8(15)5-6-11(10)16/h1-7,13H. The minimum Gasteiger partial charge on any atom is -0.207 e. The van der Waals surface area contributed by atoms with Crippen LogP contribution in [0.2, 0.25) is 0 Å². The van der Waals surface area contributed by atoms with E-state index in [9.17, 15) is 8.78 Å². The minimum absolute atomic E-state index is 0.314. The molecule has 2 aromatic carbocycles. The summed E-state index contributed by atoms with van der Waals surface area (Å²) in [6, 6.07) is 11.1. The van der Waals surface area contributed by atoms with Crippen molar-refractivity contribution < 1.29 is 8.78 Å². The summed E-state index contributed by atoms with van der Waals surface area (Å²) in [5.41, 5.74) is 1.24. The van der Waals surface area contributed by atoms with Gasteiger partial charge in [-0.05, 0) is 52.4 Å². The van der Waals surface area contributed by atoms with Gasteiger partial charge in [-0.1, -0.05) is 34.1 Å². The predicted octanol–water partition coefficient (Wildman–Crippen LogP) is 5.05. The van der Waals surface area contributed by atoms with Gasteiger partial charge in [-0.3, -0.25) is 0 Å². The van der Waals surface area contributed by atoms with Gasteiger partial charge in [0.2, 0.25) is 0 Å². The number of halogens is 4. The molecule has 0 amide bonds. The van der Waals surface area contributed by atoms with E-state index in [1.54, 1.807) is 0 Å². The quantitative estimate of drug-likeness (QED) is 0.481. The summed E-state index contributed by atoms with van der Waals surface area (Å²) in [6.45, 7) is 0. The fraction of sp³-hybridized carbons (Fsp3) is 0.0769. The van der Waals surface area contributed by atoms with Crippen molar-refractivity contribution >= 4 is 38.5 Å². The van der Waals surface area contributed by atoms with Crippen LogP contribution in [0.5, 0.6) is 0 Å². The van der Waals surface area contributed by atoms with Crippen molar-refractivity contribution in [1.29, 1.82) is 0 Å². The van der Waals surface area contributed by atoms with Crippen LogP contribution in [0.4, 0.5) is 8.78 Å². The molecule has 0 heterocycles. The summed E-state index contributed by atoms with van der Waals surface area (Å²) in [6.07, 6.45) is 0. The zero-order chi connectivity index (χ0) is 12.4. The lowest BCUT2D eigenvalue weighted by molar-refractivity contribution is 0.588. The lowest BCUT2D eigenvalue weighted by Crippen LogP contribution is -1.99. The van der Waals surface area contributed by atoms with Crippen LogP contribution < -0.4 is 0 Å². The maximum Gasteiger partial charge on any atom is 0.128 e. The normalized spacial score (nSPS) is 12.5. The Kier molecular flexibility index (Phi) is 4.14. The number of hydrogen-bond acceptors (Lipinski definition) is 0. The van der Waals surface area contributed by atoms with E-state index in [1.165, 1.54) is 6.07 Å². The third-order valence-corrected chi connectivity index (χ3v) is 4.38. The van der Waals surface area contributed by atoms with E-state index >= 15 is 0 Å². The highest BCUT2D eigenvalue weighted by Gasteiger charge is 2.17. The van der Waals surface area contributed by atoms with Gasteiger partial charge in [0.25, 0.3) is 0 Å². The van der Waals surface area contributed by atoms with Gasteiger partial charge in [0.1, 0.15) is 11.6 Å². The Bertz CT molecular complexity index is 543. The Morgan fingerprint density at radius 3 is 2.41 bits per heavy atom. The van der Waals surface area contributed by atoms with Gasteiger partial charge < -0.3 is 0 Å². The molecule has 88 valence electrons. The first kappa shape index (κ1) is 13.0. The second-order valence-corrected chi connectivity index (χ2v) is 5.63. The topological polar surface area (TPSA) is 0 Å². The van der Waals surface area contributed by atoms with Crippen molar-refractivity contribution in [1.82, 2.24) is 0 Å². The minimum atomic E-state index is -0.434. The molecule has 0 bridgehead atoms. The summed E-state index contributed by atoms with van der Waals surface area (Å²) in [7, 11) is 0. The molecule has 0 spiro atoms. The van der Waals surface area contributed by atoms with Crippen molar-refractivity contribution in [2.75, 3.05) is 0 Å². The van der Waals surface area contributed by atoms with Gasteiger partial charge in [-0.15, -0.1) is 0 Å². The fourth-order valence-corrected chi connectivity index (χ4v) is 3.43. The van der Waals surface area contributed by atoms with Crippen LogP contribution in [0.15, 0.2) is 42.5 Å². The van der Waals surface area contributed by atoms with Crippen LogP contribution in [-0.4, -0.2) is 0 Å². The molecule has 17 heavy (non-hydrogen) atoms. The van der Waals surface area contributed by atoms with E-state index in [1.807, 2.05) is 24.3 Å². The Labute approximate surface area is 120 Å². The highest BCUT2D eigenvalue weighted by molar-refractivity contribution is 14.1. The zero-order valence-electron chi connectivity index (χ0n) is 8.63. The Morgan fingerprint density at radius 2 is 1.71 bits per heavy atom. The van der Waals surface area contributed by atoms with E-state index in [2.05, 4.69) is 38.5 Å². The molecule has 0 saturated carbocycles. The molecule has 2 rings (SSSR count). The summed E-state index contributed by atoms with van der Waals surface area (Å²) >= 11 is 5.60. The van der Waals surface area contributed by atoms with Crippen LogP contribution in [0.25, 0.3) is 0 Å². The zero-order valence-corrected chi connectivity index (χ0v) is 12.4. The molecule has 0 radical (unpaired) electrons. The Morgan fingerprint density at radius 1 is 1.00 bits per heavy atom.